The molecule has 2 unspecified atom stereocenters. The minimum Gasteiger partial charge on any atom is -0.374 e. The lowest BCUT2D eigenvalue weighted by Crippen LogP contribution is -2.50. The maximum absolute atomic E-state index is 5.91. The topological polar surface area (TPSA) is 52.1 Å². The van der Waals surface area contributed by atoms with Crippen LogP contribution in [0.4, 0.5) is 0 Å². The summed E-state index contributed by atoms with van der Waals surface area (Å²) in [4.78, 5) is 9.45. The minimum atomic E-state index is 0. The Labute approximate surface area is 177 Å². The van der Waals surface area contributed by atoms with Crippen molar-refractivity contribution in [3.63, 3.8) is 0 Å². The Morgan fingerprint density at radius 2 is 1.92 bits per heavy atom. The van der Waals surface area contributed by atoms with Crippen molar-refractivity contribution in [3.8, 4) is 0 Å². The van der Waals surface area contributed by atoms with Gasteiger partial charge in [0.05, 0.1) is 12.7 Å². The molecule has 0 aliphatic carbocycles. The van der Waals surface area contributed by atoms with Crippen LogP contribution < -0.4 is 10.6 Å². The molecule has 7 heteroatoms. The molecule has 2 saturated heterocycles. The minimum absolute atomic E-state index is 0. The Hall–Kier alpha value is -0.120. The van der Waals surface area contributed by atoms with Gasteiger partial charge in [-0.2, -0.15) is 0 Å². The molecule has 2 heterocycles. The van der Waals surface area contributed by atoms with Gasteiger partial charge in [-0.05, 0) is 37.8 Å². The molecule has 2 fully saturated rings. The van der Waals surface area contributed by atoms with Crippen LogP contribution in [0.2, 0.25) is 0 Å². The Morgan fingerprint density at radius 1 is 1.15 bits per heavy atom. The van der Waals surface area contributed by atoms with Crippen LogP contribution >= 0.6 is 24.0 Å². The van der Waals surface area contributed by atoms with Crippen molar-refractivity contribution in [2.45, 2.75) is 39.7 Å². The van der Waals surface area contributed by atoms with Crippen LogP contribution in [0.3, 0.4) is 0 Å². The van der Waals surface area contributed by atoms with Gasteiger partial charge in [-0.1, -0.05) is 20.8 Å². The van der Waals surface area contributed by atoms with E-state index in [4.69, 9.17) is 4.74 Å². The predicted molar refractivity (Wildman–Crippen MR) is 121 cm³/mol. The summed E-state index contributed by atoms with van der Waals surface area (Å²) in [5.41, 5.74) is 0. The van der Waals surface area contributed by atoms with E-state index in [0.717, 1.165) is 51.2 Å². The number of hydrogen-bond donors (Lipinski definition) is 2. The van der Waals surface area contributed by atoms with E-state index >= 15 is 0 Å². The summed E-state index contributed by atoms with van der Waals surface area (Å²) < 4.78 is 5.91. The Morgan fingerprint density at radius 3 is 2.62 bits per heavy atom. The highest BCUT2D eigenvalue weighted by atomic mass is 127. The summed E-state index contributed by atoms with van der Waals surface area (Å²) in [7, 11) is 1.85. The fraction of sp³-hybridized carbons (Fsp3) is 0.947. The SMILES string of the molecule is CCCN1CCC(CNC(=NC)NCC2CN(CC(C)C)CCO2)C1.I. The van der Waals surface area contributed by atoms with Crippen LogP contribution in [0.1, 0.15) is 33.6 Å². The third-order valence-electron chi connectivity index (χ3n) is 5.04. The zero-order valence-electron chi connectivity index (χ0n) is 17.2. The monoisotopic (exact) mass is 481 g/mol. The van der Waals surface area contributed by atoms with Crippen molar-refractivity contribution in [2.75, 3.05) is 66.0 Å². The van der Waals surface area contributed by atoms with Gasteiger partial charge in [-0.15, -0.1) is 24.0 Å². The van der Waals surface area contributed by atoms with Gasteiger partial charge < -0.3 is 20.3 Å². The second-order valence-corrected chi connectivity index (χ2v) is 7.94. The van der Waals surface area contributed by atoms with Gasteiger partial charge in [0.1, 0.15) is 0 Å². The largest absolute Gasteiger partial charge is 0.374 e. The molecule has 26 heavy (non-hydrogen) atoms. The number of morpholine rings is 1. The van der Waals surface area contributed by atoms with E-state index in [9.17, 15) is 0 Å². The van der Waals surface area contributed by atoms with Gasteiger partial charge in [0.25, 0.3) is 0 Å². The van der Waals surface area contributed by atoms with E-state index in [1.54, 1.807) is 0 Å². The fourth-order valence-electron chi connectivity index (χ4n) is 3.86. The van der Waals surface area contributed by atoms with Gasteiger partial charge >= 0.3 is 0 Å². The number of rotatable bonds is 8. The second-order valence-electron chi connectivity index (χ2n) is 7.94. The lowest BCUT2D eigenvalue weighted by atomic mass is 10.1. The molecule has 0 amide bonds. The number of nitrogens with zero attached hydrogens (tertiary/aromatic N) is 3. The number of ether oxygens (including phenoxy) is 1. The van der Waals surface area contributed by atoms with Crippen molar-refractivity contribution in [1.29, 1.82) is 0 Å². The highest BCUT2D eigenvalue weighted by molar-refractivity contribution is 14.0. The molecule has 6 nitrogen and oxygen atoms in total. The molecule has 0 aromatic heterocycles. The lowest BCUT2D eigenvalue weighted by Gasteiger charge is -2.34. The predicted octanol–water partition coefficient (Wildman–Crippen LogP) is 1.86. The number of hydrogen-bond acceptors (Lipinski definition) is 4. The molecule has 154 valence electrons. The quantitative estimate of drug-likeness (QED) is 0.315. The standard InChI is InChI=1S/C19H39N5O.HI/c1-5-7-23-8-6-17(14-23)11-21-19(20-4)22-12-18-15-24(9-10-25-18)13-16(2)3;/h16-18H,5-15H2,1-4H3,(H2,20,21,22);1H. The van der Waals surface area contributed by atoms with Crippen LogP contribution in [0.15, 0.2) is 4.99 Å². The van der Waals surface area contributed by atoms with Crippen LogP contribution in [0.5, 0.6) is 0 Å². The van der Waals surface area contributed by atoms with Crippen LogP contribution in [0.25, 0.3) is 0 Å². The summed E-state index contributed by atoms with van der Waals surface area (Å²) in [6.45, 7) is 16.4. The first kappa shape index (κ1) is 23.9. The van der Waals surface area contributed by atoms with Crippen molar-refractivity contribution in [1.82, 2.24) is 20.4 Å². The molecular weight excluding hydrogens is 441 g/mol. The van der Waals surface area contributed by atoms with Crippen LogP contribution in [0, 0.1) is 11.8 Å². The van der Waals surface area contributed by atoms with Gasteiger partial charge in [-0.25, -0.2) is 0 Å². The summed E-state index contributed by atoms with van der Waals surface area (Å²) in [5, 5.41) is 6.95. The molecule has 2 aliphatic heterocycles. The molecule has 0 bridgehead atoms. The number of likely N-dealkylation sites (tertiary alicyclic amines) is 1. The lowest BCUT2D eigenvalue weighted by molar-refractivity contribution is -0.0284. The van der Waals surface area contributed by atoms with Crippen molar-refractivity contribution < 1.29 is 4.74 Å². The number of halogens is 1. The summed E-state index contributed by atoms with van der Waals surface area (Å²) in [6, 6.07) is 0. The van der Waals surface area contributed by atoms with E-state index < -0.39 is 0 Å². The average molecular weight is 481 g/mol. The van der Waals surface area contributed by atoms with Crippen LogP contribution in [-0.2, 0) is 4.74 Å². The second kappa shape index (κ2) is 13.1. The Bertz CT molecular complexity index is 407. The zero-order valence-corrected chi connectivity index (χ0v) is 19.5. The third kappa shape index (κ3) is 8.71. The molecule has 2 rings (SSSR count). The maximum atomic E-state index is 5.91. The van der Waals surface area contributed by atoms with Gasteiger partial charge in [0.2, 0.25) is 0 Å². The van der Waals surface area contributed by atoms with E-state index in [2.05, 4.69) is 46.2 Å². The molecule has 2 atom stereocenters. The van der Waals surface area contributed by atoms with E-state index in [1.165, 1.54) is 32.5 Å². The molecule has 0 aromatic carbocycles. The molecule has 0 radical (unpaired) electrons. The maximum Gasteiger partial charge on any atom is 0.191 e. The molecule has 2 N–H and O–H groups in total. The number of nitrogens with one attached hydrogen (secondary N) is 2. The zero-order chi connectivity index (χ0) is 18.1. The van der Waals surface area contributed by atoms with Gasteiger partial charge in [0.15, 0.2) is 5.96 Å². The molecule has 2 aliphatic rings. The smallest absolute Gasteiger partial charge is 0.191 e. The first-order valence-corrected chi connectivity index (χ1v) is 10.1. The molecule has 0 saturated carbocycles. The van der Waals surface area contributed by atoms with E-state index in [1.807, 2.05) is 7.05 Å². The third-order valence-corrected chi connectivity index (χ3v) is 5.04. The highest BCUT2D eigenvalue weighted by Crippen LogP contribution is 2.15. The fourth-order valence-corrected chi connectivity index (χ4v) is 3.86. The Balaban J connectivity index is 0.00000338. The number of aliphatic imine (C=N–C) groups is 1. The first-order valence-electron chi connectivity index (χ1n) is 10.1. The summed E-state index contributed by atoms with van der Waals surface area (Å²) in [6.07, 6.45) is 2.79. The normalized spacial score (nSPS) is 25.3. The van der Waals surface area contributed by atoms with Crippen molar-refractivity contribution >= 4 is 29.9 Å². The first-order chi connectivity index (χ1) is 12.1. The van der Waals surface area contributed by atoms with Crippen molar-refractivity contribution in [2.24, 2.45) is 16.8 Å². The summed E-state index contributed by atoms with van der Waals surface area (Å²) in [5.74, 6) is 2.34. The van der Waals surface area contributed by atoms with Crippen LogP contribution in [-0.4, -0.2) is 87.9 Å². The van der Waals surface area contributed by atoms with E-state index in [-0.39, 0.29) is 30.1 Å². The average Bonchev–Trinajstić information content (AvgIpc) is 3.03. The molecular formula is C19H40IN5O. The molecule has 0 spiro atoms. The highest BCUT2D eigenvalue weighted by Gasteiger charge is 2.23. The van der Waals surface area contributed by atoms with Gasteiger partial charge in [0, 0.05) is 46.3 Å². The van der Waals surface area contributed by atoms with E-state index in [0.29, 0.717) is 5.92 Å². The summed E-state index contributed by atoms with van der Waals surface area (Å²) >= 11 is 0. The Kier molecular flexibility index (Phi) is 12.1. The van der Waals surface area contributed by atoms with Crippen molar-refractivity contribution in [3.05, 3.63) is 0 Å². The molecule has 0 aromatic rings. The number of guanidine groups is 1. The van der Waals surface area contributed by atoms with Gasteiger partial charge in [-0.3, -0.25) is 9.89 Å².